The van der Waals surface area contributed by atoms with Crippen molar-refractivity contribution in [3.63, 3.8) is 0 Å². The lowest BCUT2D eigenvalue weighted by Crippen LogP contribution is -2.28. The van der Waals surface area contributed by atoms with Crippen LogP contribution in [0, 0.1) is 0 Å². The molecule has 9 heteroatoms. The van der Waals surface area contributed by atoms with Crippen LogP contribution >= 0.6 is 11.6 Å². The van der Waals surface area contributed by atoms with E-state index in [2.05, 4.69) is 10.5 Å². The van der Waals surface area contributed by atoms with Gasteiger partial charge in [0.1, 0.15) is 5.56 Å². The molecule has 8 nitrogen and oxygen atoms in total. The molecule has 0 aliphatic heterocycles. The molecule has 4 N–H and O–H groups in total. The number of hydrogen-bond acceptors (Lipinski definition) is 5. The van der Waals surface area contributed by atoms with Gasteiger partial charge in [-0.05, 0) is 31.2 Å². The summed E-state index contributed by atoms with van der Waals surface area (Å²) in [6.07, 6.45) is 0. The number of aromatic amines is 2. The SMILES string of the molecule is CC(=NNC(=O)c1ccc(Cl)cc1)c1c(O)[nH]c(=O)[nH]c1=O. The van der Waals surface area contributed by atoms with E-state index < -0.39 is 23.0 Å². The van der Waals surface area contributed by atoms with Crippen LogP contribution in [0.2, 0.25) is 5.02 Å². The monoisotopic (exact) mass is 322 g/mol. The highest BCUT2D eigenvalue weighted by molar-refractivity contribution is 6.30. The Bertz CT molecular complexity index is 852. The van der Waals surface area contributed by atoms with E-state index in [0.29, 0.717) is 10.6 Å². The van der Waals surface area contributed by atoms with Gasteiger partial charge in [0.05, 0.1) is 5.71 Å². The minimum atomic E-state index is -0.843. The van der Waals surface area contributed by atoms with Crippen LogP contribution in [0.4, 0.5) is 0 Å². The molecule has 1 aromatic heterocycles. The van der Waals surface area contributed by atoms with Crippen molar-refractivity contribution in [2.75, 3.05) is 0 Å². The minimum Gasteiger partial charge on any atom is -0.494 e. The average Bonchev–Trinajstić information content (AvgIpc) is 2.44. The summed E-state index contributed by atoms with van der Waals surface area (Å²) in [6.45, 7) is 1.39. The van der Waals surface area contributed by atoms with Crippen molar-refractivity contribution in [2.24, 2.45) is 5.10 Å². The van der Waals surface area contributed by atoms with E-state index in [4.69, 9.17) is 11.6 Å². The molecular weight excluding hydrogens is 312 g/mol. The van der Waals surface area contributed by atoms with Gasteiger partial charge in [0, 0.05) is 10.6 Å². The summed E-state index contributed by atoms with van der Waals surface area (Å²) in [6, 6.07) is 6.11. The van der Waals surface area contributed by atoms with E-state index in [1.54, 1.807) is 12.1 Å². The molecule has 0 aliphatic rings. The zero-order chi connectivity index (χ0) is 16.3. The number of amides is 1. The first-order valence-electron chi connectivity index (χ1n) is 6.04. The summed E-state index contributed by atoms with van der Waals surface area (Å²) in [5.74, 6) is -1.15. The molecule has 114 valence electrons. The Balaban J connectivity index is 2.23. The highest BCUT2D eigenvalue weighted by Gasteiger charge is 2.12. The van der Waals surface area contributed by atoms with E-state index in [1.807, 2.05) is 9.97 Å². The number of H-pyrrole nitrogens is 2. The van der Waals surface area contributed by atoms with Crippen molar-refractivity contribution < 1.29 is 9.90 Å². The molecule has 0 saturated carbocycles. The lowest BCUT2D eigenvalue weighted by molar-refractivity contribution is 0.0955. The molecule has 22 heavy (non-hydrogen) atoms. The first-order chi connectivity index (χ1) is 10.4. The van der Waals surface area contributed by atoms with Crippen molar-refractivity contribution in [2.45, 2.75) is 6.92 Å². The quantitative estimate of drug-likeness (QED) is 0.486. The summed E-state index contributed by atoms with van der Waals surface area (Å²) < 4.78 is 0. The van der Waals surface area contributed by atoms with Gasteiger partial charge < -0.3 is 5.11 Å². The highest BCUT2D eigenvalue weighted by atomic mass is 35.5. The second-order valence-electron chi connectivity index (χ2n) is 4.28. The Morgan fingerprint density at radius 3 is 2.45 bits per heavy atom. The number of carbonyl (C=O) groups excluding carboxylic acids is 1. The number of benzene rings is 1. The third-order valence-electron chi connectivity index (χ3n) is 2.72. The first-order valence-corrected chi connectivity index (χ1v) is 6.42. The number of hydrazone groups is 1. The van der Waals surface area contributed by atoms with Crippen LogP contribution in [-0.2, 0) is 0 Å². The van der Waals surface area contributed by atoms with Crippen molar-refractivity contribution >= 4 is 23.2 Å². The Morgan fingerprint density at radius 1 is 1.23 bits per heavy atom. The maximum absolute atomic E-state index is 11.8. The zero-order valence-electron chi connectivity index (χ0n) is 11.3. The molecular formula is C13H11ClN4O4. The van der Waals surface area contributed by atoms with Crippen LogP contribution in [0.5, 0.6) is 5.88 Å². The second kappa shape index (κ2) is 6.27. The molecule has 2 aromatic rings. The third kappa shape index (κ3) is 3.41. The number of aromatic hydroxyl groups is 1. The van der Waals surface area contributed by atoms with Crippen LogP contribution in [0.25, 0.3) is 0 Å². The Morgan fingerprint density at radius 2 is 1.86 bits per heavy atom. The topological polar surface area (TPSA) is 127 Å². The molecule has 1 heterocycles. The standard InChI is InChI=1S/C13H11ClN4O4/c1-6(9-11(20)15-13(22)16-12(9)21)17-18-10(19)7-2-4-8(14)5-3-7/h2-5H,1H3,(H,18,19)(H3,15,16,20,21,22). The fourth-order valence-electron chi connectivity index (χ4n) is 1.67. The number of nitrogens with zero attached hydrogens (tertiary/aromatic N) is 1. The molecule has 0 fully saturated rings. The van der Waals surface area contributed by atoms with Gasteiger partial charge in [-0.25, -0.2) is 10.2 Å². The lowest BCUT2D eigenvalue weighted by atomic mass is 10.2. The van der Waals surface area contributed by atoms with Gasteiger partial charge >= 0.3 is 5.69 Å². The fraction of sp³-hybridized carbons (Fsp3) is 0.0769. The number of nitrogens with one attached hydrogen (secondary N) is 3. The van der Waals surface area contributed by atoms with E-state index in [0.717, 1.165) is 0 Å². The second-order valence-corrected chi connectivity index (χ2v) is 4.71. The van der Waals surface area contributed by atoms with Gasteiger partial charge in [0.2, 0.25) is 5.88 Å². The number of rotatable bonds is 3. The summed E-state index contributed by atoms with van der Waals surface area (Å²) in [4.78, 5) is 38.4. The van der Waals surface area contributed by atoms with Crippen molar-refractivity contribution in [3.8, 4) is 5.88 Å². The first kappa shape index (κ1) is 15.5. The maximum atomic E-state index is 11.8. The fourth-order valence-corrected chi connectivity index (χ4v) is 1.79. The van der Waals surface area contributed by atoms with Gasteiger partial charge in [-0.15, -0.1) is 0 Å². The molecule has 1 amide bonds. The van der Waals surface area contributed by atoms with Crippen molar-refractivity contribution in [1.29, 1.82) is 0 Å². The van der Waals surface area contributed by atoms with Crippen LogP contribution in [0.15, 0.2) is 39.0 Å². The van der Waals surface area contributed by atoms with Gasteiger partial charge in [0.15, 0.2) is 0 Å². The highest BCUT2D eigenvalue weighted by Crippen LogP contribution is 2.09. The summed E-state index contributed by atoms with van der Waals surface area (Å²) in [5, 5.41) is 13.8. The molecule has 0 bridgehead atoms. The molecule has 0 saturated heterocycles. The zero-order valence-corrected chi connectivity index (χ0v) is 12.1. The van der Waals surface area contributed by atoms with Crippen LogP contribution in [0.3, 0.4) is 0 Å². The third-order valence-corrected chi connectivity index (χ3v) is 2.97. The molecule has 0 atom stereocenters. The van der Waals surface area contributed by atoms with E-state index >= 15 is 0 Å². The van der Waals surface area contributed by atoms with Gasteiger partial charge in [-0.3, -0.25) is 19.6 Å². The molecule has 2 rings (SSSR count). The minimum absolute atomic E-state index is 0.0253. The van der Waals surface area contributed by atoms with Gasteiger partial charge in [0.25, 0.3) is 11.5 Å². The van der Waals surface area contributed by atoms with Crippen molar-refractivity contribution in [1.82, 2.24) is 15.4 Å². The maximum Gasteiger partial charge on any atom is 0.328 e. The summed E-state index contributed by atoms with van der Waals surface area (Å²) >= 11 is 5.72. The predicted octanol–water partition coefficient (Wildman–Crippen LogP) is 0.576. The predicted molar refractivity (Wildman–Crippen MR) is 80.5 cm³/mol. The number of hydrogen-bond donors (Lipinski definition) is 4. The number of aromatic nitrogens is 2. The molecule has 0 aliphatic carbocycles. The van der Waals surface area contributed by atoms with Gasteiger partial charge in [-0.1, -0.05) is 11.6 Å². The largest absolute Gasteiger partial charge is 0.494 e. The van der Waals surface area contributed by atoms with E-state index in [1.165, 1.54) is 19.1 Å². The van der Waals surface area contributed by atoms with E-state index in [-0.39, 0.29) is 11.3 Å². The van der Waals surface area contributed by atoms with E-state index in [9.17, 15) is 19.5 Å². The molecule has 0 radical (unpaired) electrons. The smallest absolute Gasteiger partial charge is 0.328 e. The lowest BCUT2D eigenvalue weighted by Gasteiger charge is -2.04. The summed E-state index contributed by atoms with van der Waals surface area (Å²) in [5.41, 5.74) is 0.681. The Hall–Kier alpha value is -2.87. The van der Waals surface area contributed by atoms with Crippen LogP contribution < -0.4 is 16.7 Å². The Labute approximate surface area is 128 Å². The average molecular weight is 323 g/mol. The Kier molecular flexibility index (Phi) is 4.42. The number of halogens is 1. The van der Waals surface area contributed by atoms with Gasteiger partial charge in [-0.2, -0.15) is 5.10 Å². The molecule has 1 aromatic carbocycles. The summed E-state index contributed by atoms with van der Waals surface area (Å²) in [7, 11) is 0. The molecule has 0 spiro atoms. The molecule has 0 unspecified atom stereocenters. The van der Waals surface area contributed by atoms with Crippen LogP contribution in [0.1, 0.15) is 22.8 Å². The van der Waals surface area contributed by atoms with Crippen molar-refractivity contribution in [3.05, 3.63) is 61.3 Å². The number of carbonyl (C=O) groups is 1. The normalized spacial score (nSPS) is 11.3. The van der Waals surface area contributed by atoms with Crippen LogP contribution in [-0.4, -0.2) is 26.7 Å².